The second-order valence-corrected chi connectivity index (χ2v) is 11.0. The summed E-state index contributed by atoms with van der Waals surface area (Å²) in [5.41, 5.74) is 2.89. The summed E-state index contributed by atoms with van der Waals surface area (Å²) >= 11 is 2.79. The van der Waals surface area contributed by atoms with E-state index in [9.17, 15) is 9.59 Å². The zero-order valence-electron chi connectivity index (χ0n) is 19.7. The van der Waals surface area contributed by atoms with Gasteiger partial charge in [0.05, 0.1) is 17.4 Å². The van der Waals surface area contributed by atoms with E-state index >= 15 is 0 Å². The minimum absolute atomic E-state index is 0.0525. The summed E-state index contributed by atoms with van der Waals surface area (Å²) in [4.78, 5) is 34.5. The molecule has 5 aromatic rings. The number of aromatic amines is 1. The number of thiophene rings is 1. The molecule has 0 radical (unpaired) electrons. The number of para-hydroxylation sites is 1. The van der Waals surface area contributed by atoms with Crippen molar-refractivity contribution >= 4 is 60.2 Å². The standard InChI is InChI=1S/C27H26N4O3S2/c32-23(29-15-18-6-5-13-34-18)16-35-27-30-24-20-8-2-4-10-22(20)36-25(24)26(33)31(27)12-11-17-14-28-21-9-3-1-7-19(17)21/h1-4,7-10,14,18,28H,5-6,11-13,15-16H2,(H,29,32)/t18-/m0/s1. The minimum atomic E-state index is -0.0804. The molecule has 1 amide bonds. The molecular formula is C27H26N4O3S2. The average molecular weight is 519 g/mol. The normalized spacial score (nSPS) is 15.8. The van der Waals surface area contributed by atoms with Gasteiger partial charge in [-0.25, -0.2) is 4.98 Å². The number of aromatic nitrogens is 3. The third-order valence-corrected chi connectivity index (χ3v) is 8.73. The van der Waals surface area contributed by atoms with Gasteiger partial charge in [-0.05, 0) is 37.0 Å². The number of thioether (sulfide) groups is 1. The molecule has 36 heavy (non-hydrogen) atoms. The first-order valence-corrected chi connectivity index (χ1v) is 14.0. The van der Waals surface area contributed by atoms with Gasteiger partial charge in [0.25, 0.3) is 5.56 Å². The zero-order chi connectivity index (χ0) is 24.5. The van der Waals surface area contributed by atoms with Crippen LogP contribution in [0.2, 0.25) is 0 Å². The average Bonchev–Trinajstić information content (AvgIpc) is 3.65. The first-order chi connectivity index (χ1) is 17.7. The Hall–Kier alpha value is -3.14. The molecule has 7 nitrogen and oxygen atoms in total. The molecule has 1 saturated heterocycles. The fraction of sp³-hybridized carbons (Fsp3) is 0.296. The number of H-pyrrole nitrogens is 1. The van der Waals surface area contributed by atoms with Crippen molar-refractivity contribution in [1.82, 2.24) is 19.9 Å². The predicted molar refractivity (Wildman–Crippen MR) is 146 cm³/mol. The van der Waals surface area contributed by atoms with Crippen molar-refractivity contribution in [1.29, 1.82) is 0 Å². The number of amides is 1. The van der Waals surface area contributed by atoms with Crippen LogP contribution in [0.1, 0.15) is 18.4 Å². The van der Waals surface area contributed by atoms with Gasteiger partial charge in [-0.1, -0.05) is 48.2 Å². The SMILES string of the molecule is O=C(CSc1nc2c(sc3ccccc32)c(=O)n1CCc1c[nH]c2ccccc12)NC[C@@H]1CCCO1. The number of rotatable bonds is 8. The number of hydrogen-bond donors (Lipinski definition) is 2. The third-order valence-electron chi connectivity index (χ3n) is 6.61. The summed E-state index contributed by atoms with van der Waals surface area (Å²) in [6.07, 6.45) is 4.80. The van der Waals surface area contributed by atoms with E-state index in [1.165, 1.54) is 23.1 Å². The van der Waals surface area contributed by atoms with Crippen LogP contribution in [0.3, 0.4) is 0 Å². The van der Waals surface area contributed by atoms with Crippen LogP contribution in [-0.4, -0.2) is 45.5 Å². The minimum Gasteiger partial charge on any atom is -0.376 e. The van der Waals surface area contributed by atoms with E-state index in [0.29, 0.717) is 34.9 Å². The molecule has 1 aliphatic heterocycles. The molecular weight excluding hydrogens is 492 g/mol. The van der Waals surface area contributed by atoms with E-state index in [0.717, 1.165) is 46.0 Å². The van der Waals surface area contributed by atoms with Crippen LogP contribution >= 0.6 is 23.1 Å². The smallest absolute Gasteiger partial charge is 0.272 e. The van der Waals surface area contributed by atoms with Crippen molar-refractivity contribution in [3.8, 4) is 0 Å². The summed E-state index contributed by atoms with van der Waals surface area (Å²) in [7, 11) is 0. The topological polar surface area (TPSA) is 89.0 Å². The Morgan fingerprint density at radius 2 is 2.03 bits per heavy atom. The monoisotopic (exact) mass is 518 g/mol. The molecule has 0 unspecified atom stereocenters. The maximum atomic E-state index is 13.7. The van der Waals surface area contributed by atoms with Gasteiger partial charge in [0.1, 0.15) is 4.70 Å². The largest absolute Gasteiger partial charge is 0.376 e. The zero-order valence-corrected chi connectivity index (χ0v) is 21.3. The third kappa shape index (κ3) is 4.54. The van der Waals surface area contributed by atoms with Crippen LogP contribution in [-0.2, 0) is 22.5 Å². The molecule has 1 aliphatic rings. The fourth-order valence-electron chi connectivity index (χ4n) is 4.75. The van der Waals surface area contributed by atoms with Crippen LogP contribution in [0.5, 0.6) is 0 Å². The highest BCUT2D eigenvalue weighted by atomic mass is 32.2. The molecule has 9 heteroatoms. The Morgan fingerprint density at radius 1 is 1.19 bits per heavy atom. The maximum Gasteiger partial charge on any atom is 0.272 e. The molecule has 0 saturated carbocycles. The number of nitrogens with one attached hydrogen (secondary N) is 2. The molecule has 1 fully saturated rings. The highest BCUT2D eigenvalue weighted by Gasteiger charge is 2.19. The van der Waals surface area contributed by atoms with E-state index in [-0.39, 0.29) is 23.3 Å². The maximum absolute atomic E-state index is 13.7. The molecule has 2 N–H and O–H groups in total. The number of ether oxygens (including phenoxy) is 1. The lowest BCUT2D eigenvalue weighted by Gasteiger charge is -2.13. The van der Waals surface area contributed by atoms with Crippen molar-refractivity contribution < 1.29 is 9.53 Å². The molecule has 0 aliphatic carbocycles. The highest BCUT2D eigenvalue weighted by molar-refractivity contribution is 7.99. The summed E-state index contributed by atoms with van der Waals surface area (Å²) < 4.78 is 9.03. The Morgan fingerprint density at radius 3 is 2.89 bits per heavy atom. The van der Waals surface area contributed by atoms with Crippen molar-refractivity contribution in [2.24, 2.45) is 0 Å². The number of carbonyl (C=O) groups excluding carboxylic acids is 1. The van der Waals surface area contributed by atoms with Gasteiger partial charge in [0.2, 0.25) is 5.91 Å². The first-order valence-electron chi connectivity index (χ1n) is 12.2. The van der Waals surface area contributed by atoms with Gasteiger partial charge in [-0.3, -0.25) is 14.2 Å². The molecule has 184 valence electrons. The molecule has 0 bridgehead atoms. The second kappa shape index (κ2) is 10.1. The van der Waals surface area contributed by atoms with Crippen molar-refractivity contribution in [2.45, 2.75) is 37.1 Å². The number of hydrogen-bond acceptors (Lipinski definition) is 6. The molecule has 4 heterocycles. The Balaban J connectivity index is 1.29. The van der Waals surface area contributed by atoms with E-state index in [1.54, 1.807) is 4.57 Å². The number of fused-ring (bicyclic) bond motifs is 4. The number of carbonyl (C=O) groups is 1. The van der Waals surface area contributed by atoms with Crippen LogP contribution in [0.15, 0.2) is 64.7 Å². The van der Waals surface area contributed by atoms with Gasteiger partial charge in [-0.2, -0.15) is 0 Å². The van der Waals surface area contributed by atoms with Gasteiger partial charge in [0.15, 0.2) is 5.16 Å². The molecule has 3 aromatic heterocycles. The number of benzene rings is 2. The lowest BCUT2D eigenvalue weighted by atomic mass is 10.1. The molecule has 6 rings (SSSR count). The van der Waals surface area contributed by atoms with Crippen LogP contribution in [0, 0.1) is 0 Å². The molecule has 2 aromatic carbocycles. The van der Waals surface area contributed by atoms with Gasteiger partial charge in [0, 0.05) is 46.9 Å². The Labute approximate surface area is 215 Å². The summed E-state index contributed by atoms with van der Waals surface area (Å²) in [5.74, 6) is 0.114. The summed E-state index contributed by atoms with van der Waals surface area (Å²) in [6.45, 7) is 1.77. The lowest BCUT2D eigenvalue weighted by Crippen LogP contribution is -2.33. The molecule has 0 spiro atoms. The number of aryl methyl sites for hydroxylation is 1. The Kier molecular flexibility index (Phi) is 6.52. The van der Waals surface area contributed by atoms with Crippen molar-refractivity contribution in [3.05, 3.63) is 70.6 Å². The lowest BCUT2D eigenvalue weighted by molar-refractivity contribution is -0.119. The second-order valence-electron chi connectivity index (χ2n) is 8.96. The van der Waals surface area contributed by atoms with Crippen molar-refractivity contribution in [2.75, 3.05) is 18.9 Å². The van der Waals surface area contributed by atoms with Crippen LogP contribution < -0.4 is 10.9 Å². The van der Waals surface area contributed by atoms with E-state index in [4.69, 9.17) is 9.72 Å². The first kappa shape index (κ1) is 23.3. The van der Waals surface area contributed by atoms with Crippen molar-refractivity contribution in [3.63, 3.8) is 0 Å². The fourth-order valence-corrected chi connectivity index (χ4v) is 6.68. The van der Waals surface area contributed by atoms with Crippen LogP contribution in [0.4, 0.5) is 0 Å². The quantitative estimate of drug-likeness (QED) is 0.229. The summed E-state index contributed by atoms with van der Waals surface area (Å²) in [6, 6.07) is 16.1. The molecule has 1 atom stereocenters. The van der Waals surface area contributed by atoms with Gasteiger partial charge < -0.3 is 15.0 Å². The highest BCUT2D eigenvalue weighted by Crippen LogP contribution is 2.32. The van der Waals surface area contributed by atoms with Crippen LogP contribution in [0.25, 0.3) is 31.2 Å². The van der Waals surface area contributed by atoms with E-state index < -0.39 is 0 Å². The summed E-state index contributed by atoms with van der Waals surface area (Å²) in [5, 5.41) is 5.67. The van der Waals surface area contributed by atoms with Gasteiger partial charge >= 0.3 is 0 Å². The van der Waals surface area contributed by atoms with E-state index in [1.807, 2.05) is 48.7 Å². The van der Waals surface area contributed by atoms with E-state index in [2.05, 4.69) is 16.4 Å². The number of nitrogens with zero attached hydrogens (tertiary/aromatic N) is 2. The van der Waals surface area contributed by atoms with Gasteiger partial charge in [-0.15, -0.1) is 11.3 Å². The Bertz CT molecular complexity index is 1610. The predicted octanol–water partition coefficient (Wildman–Crippen LogP) is 4.72.